The maximum atomic E-state index is 13.3. The lowest BCUT2D eigenvalue weighted by Gasteiger charge is -2.24. The first kappa shape index (κ1) is 17.9. The molecule has 7 heteroatoms. The molecule has 0 spiro atoms. The fourth-order valence-corrected chi connectivity index (χ4v) is 3.59. The highest BCUT2D eigenvalue weighted by Gasteiger charge is 2.38. The van der Waals surface area contributed by atoms with Gasteiger partial charge in [-0.15, -0.1) is 0 Å². The number of hydrogen-bond acceptors (Lipinski definition) is 6. The molecule has 0 unspecified atom stereocenters. The maximum absolute atomic E-state index is 13.3. The van der Waals surface area contributed by atoms with E-state index < -0.39 is 0 Å². The van der Waals surface area contributed by atoms with Crippen LogP contribution in [0, 0.1) is 0 Å². The predicted molar refractivity (Wildman–Crippen MR) is 105 cm³/mol. The molecule has 0 aliphatic carbocycles. The normalized spacial score (nSPS) is 15.5. The van der Waals surface area contributed by atoms with Crippen LogP contribution in [0.3, 0.4) is 0 Å². The van der Waals surface area contributed by atoms with Crippen LogP contribution in [-0.4, -0.2) is 35.1 Å². The average molecular weight is 376 g/mol. The summed E-state index contributed by atoms with van der Waals surface area (Å²) in [5.41, 5.74) is 2.92. The van der Waals surface area contributed by atoms with Gasteiger partial charge in [0.2, 0.25) is 0 Å². The van der Waals surface area contributed by atoms with Gasteiger partial charge in [-0.25, -0.2) is 9.97 Å². The molecule has 0 saturated carbocycles. The molecule has 3 aromatic rings. The number of nitrogens with zero attached hydrogens (tertiary/aromatic N) is 4. The van der Waals surface area contributed by atoms with Crippen molar-refractivity contribution in [1.29, 1.82) is 0 Å². The topological polar surface area (TPSA) is 77.4 Å². The van der Waals surface area contributed by atoms with Gasteiger partial charge in [0.1, 0.15) is 5.69 Å². The van der Waals surface area contributed by atoms with Crippen LogP contribution in [0.2, 0.25) is 0 Å². The minimum atomic E-state index is -0.103. The fourth-order valence-electron chi connectivity index (χ4n) is 3.59. The molecule has 0 fully saturated rings. The molecule has 1 aliphatic rings. The Bertz CT molecular complexity index is 1020. The number of amides is 1. The number of aromatic nitrogens is 3. The van der Waals surface area contributed by atoms with Gasteiger partial charge in [0.05, 0.1) is 20.3 Å². The summed E-state index contributed by atoms with van der Waals surface area (Å²) in [6.07, 6.45) is 5.76. The number of rotatable bonds is 5. The second-order valence-corrected chi connectivity index (χ2v) is 6.37. The molecular formula is C21H20N4O3. The molecular weight excluding hydrogens is 356 g/mol. The Kier molecular flexibility index (Phi) is 4.65. The summed E-state index contributed by atoms with van der Waals surface area (Å²) in [5, 5.41) is 0. The predicted octanol–water partition coefficient (Wildman–Crippen LogP) is 3.67. The van der Waals surface area contributed by atoms with Crippen molar-refractivity contribution in [1.82, 2.24) is 15.0 Å². The molecule has 7 nitrogen and oxygen atoms in total. The summed E-state index contributed by atoms with van der Waals surface area (Å²) < 4.78 is 10.8. The van der Waals surface area contributed by atoms with Crippen molar-refractivity contribution in [2.45, 2.75) is 19.4 Å². The van der Waals surface area contributed by atoms with Crippen LogP contribution >= 0.6 is 0 Å². The Balaban J connectivity index is 1.79. The summed E-state index contributed by atoms with van der Waals surface area (Å²) in [5.74, 6) is 1.60. The standard InChI is InChI=1S/C21H20N4O3/c1-4-17-14-11-18(27-2)19(28-3)12-15(14)21(26)25(17)13-6-9-22-16(10-13)20-23-7-5-8-24-20/h5-12,17H,4H2,1-3H3/t17-/m0/s1. The van der Waals surface area contributed by atoms with E-state index in [9.17, 15) is 4.79 Å². The van der Waals surface area contributed by atoms with Crippen molar-refractivity contribution in [3.8, 4) is 23.0 Å². The molecule has 1 aliphatic heterocycles. The molecule has 28 heavy (non-hydrogen) atoms. The van der Waals surface area contributed by atoms with E-state index in [0.29, 0.717) is 28.6 Å². The Morgan fingerprint density at radius 2 is 1.71 bits per heavy atom. The van der Waals surface area contributed by atoms with Crippen molar-refractivity contribution < 1.29 is 14.3 Å². The quantitative estimate of drug-likeness (QED) is 0.676. The number of fused-ring (bicyclic) bond motifs is 1. The van der Waals surface area contributed by atoms with Gasteiger partial charge in [0.15, 0.2) is 17.3 Å². The third-order valence-corrected chi connectivity index (χ3v) is 4.88. The van der Waals surface area contributed by atoms with Crippen LogP contribution in [0.5, 0.6) is 11.5 Å². The van der Waals surface area contributed by atoms with Gasteiger partial charge >= 0.3 is 0 Å². The molecule has 1 aromatic carbocycles. The van der Waals surface area contributed by atoms with Gasteiger partial charge in [-0.05, 0) is 42.3 Å². The van der Waals surface area contributed by atoms with Crippen LogP contribution < -0.4 is 14.4 Å². The summed E-state index contributed by atoms with van der Waals surface area (Å²) in [6, 6.07) is 8.96. The number of methoxy groups -OCH3 is 2. The minimum Gasteiger partial charge on any atom is -0.493 e. The van der Waals surface area contributed by atoms with Crippen molar-refractivity contribution in [3.63, 3.8) is 0 Å². The van der Waals surface area contributed by atoms with Crippen LogP contribution in [0.15, 0.2) is 48.9 Å². The Morgan fingerprint density at radius 3 is 2.39 bits per heavy atom. The van der Waals surface area contributed by atoms with Crippen molar-refractivity contribution in [2.75, 3.05) is 19.1 Å². The first-order valence-electron chi connectivity index (χ1n) is 9.00. The van der Waals surface area contributed by atoms with E-state index in [2.05, 4.69) is 21.9 Å². The first-order valence-corrected chi connectivity index (χ1v) is 9.00. The van der Waals surface area contributed by atoms with E-state index in [-0.39, 0.29) is 11.9 Å². The summed E-state index contributed by atoms with van der Waals surface area (Å²) in [7, 11) is 3.16. The molecule has 0 bridgehead atoms. The van der Waals surface area contributed by atoms with Crippen LogP contribution in [0.1, 0.15) is 35.3 Å². The van der Waals surface area contributed by atoms with Gasteiger partial charge in [0.25, 0.3) is 5.91 Å². The highest BCUT2D eigenvalue weighted by molar-refractivity contribution is 6.11. The SMILES string of the molecule is CC[C@H]1c2cc(OC)c(OC)cc2C(=O)N1c1ccnc(-c2ncccn2)c1. The molecule has 3 heterocycles. The van der Waals surface area contributed by atoms with Crippen molar-refractivity contribution in [2.24, 2.45) is 0 Å². The second kappa shape index (κ2) is 7.26. The van der Waals surface area contributed by atoms with E-state index >= 15 is 0 Å². The molecule has 1 atom stereocenters. The number of carbonyl (C=O) groups excluding carboxylic acids is 1. The lowest BCUT2D eigenvalue weighted by atomic mass is 10.0. The molecule has 0 radical (unpaired) electrons. The number of benzene rings is 1. The zero-order valence-corrected chi connectivity index (χ0v) is 15.9. The monoisotopic (exact) mass is 376 g/mol. The molecule has 4 rings (SSSR count). The fraction of sp³-hybridized carbons (Fsp3) is 0.238. The van der Waals surface area contributed by atoms with Gasteiger partial charge < -0.3 is 14.4 Å². The van der Waals surface area contributed by atoms with Crippen molar-refractivity contribution in [3.05, 3.63) is 60.0 Å². The number of carbonyl (C=O) groups is 1. The molecule has 1 amide bonds. The van der Waals surface area contributed by atoms with E-state index in [4.69, 9.17) is 9.47 Å². The Hall–Kier alpha value is -3.48. The second-order valence-electron chi connectivity index (χ2n) is 6.37. The van der Waals surface area contributed by atoms with E-state index in [1.165, 1.54) is 0 Å². The molecule has 142 valence electrons. The summed E-state index contributed by atoms with van der Waals surface area (Å²) in [4.78, 5) is 27.9. The maximum Gasteiger partial charge on any atom is 0.259 e. The van der Waals surface area contributed by atoms with Crippen molar-refractivity contribution >= 4 is 11.6 Å². The molecule has 0 saturated heterocycles. The number of ether oxygens (including phenoxy) is 2. The lowest BCUT2D eigenvalue weighted by Crippen LogP contribution is -2.27. The van der Waals surface area contributed by atoms with Gasteiger partial charge in [-0.2, -0.15) is 0 Å². The molecule has 0 N–H and O–H groups in total. The summed E-state index contributed by atoms with van der Waals surface area (Å²) >= 11 is 0. The van der Waals surface area contributed by atoms with Crippen LogP contribution in [-0.2, 0) is 0 Å². The number of anilines is 1. The zero-order chi connectivity index (χ0) is 19.7. The highest BCUT2D eigenvalue weighted by Crippen LogP contribution is 2.44. The van der Waals surface area contributed by atoms with Crippen LogP contribution in [0.25, 0.3) is 11.5 Å². The number of hydrogen-bond donors (Lipinski definition) is 0. The highest BCUT2D eigenvalue weighted by atomic mass is 16.5. The van der Waals surface area contributed by atoms with E-state index in [1.807, 2.05) is 18.2 Å². The van der Waals surface area contributed by atoms with Gasteiger partial charge in [-0.3, -0.25) is 9.78 Å². The average Bonchev–Trinajstić information content (AvgIpc) is 3.04. The molecule has 2 aromatic heterocycles. The smallest absolute Gasteiger partial charge is 0.259 e. The van der Waals surface area contributed by atoms with E-state index in [0.717, 1.165) is 17.7 Å². The summed E-state index contributed by atoms with van der Waals surface area (Å²) in [6.45, 7) is 2.05. The van der Waals surface area contributed by atoms with Gasteiger partial charge in [0, 0.05) is 29.8 Å². The Morgan fingerprint density at radius 1 is 1.00 bits per heavy atom. The largest absolute Gasteiger partial charge is 0.493 e. The minimum absolute atomic E-state index is 0.0751. The van der Waals surface area contributed by atoms with E-state index in [1.54, 1.807) is 49.8 Å². The number of pyridine rings is 1. The van der Waals surface area contributed by atoms with Gasteiger partial charge in [-0.1, -0.05) is 6.92 Å². The zero-order valence-electron chi connectivity index (χ0n) is 15.9. The third-order valence-electron chi connectivity index (χ3n) is 4.88. The Labute approximate surface area is 163 Å². The third kappa shape index (κ3) is 2.85. The van der Waals surface area contributed by atoms with Crippen LogP contribution in [0.4, 0.5) is 5.69 Å². The first-order chi connectivity index (χ1) is 13.7. The lowest BCUT2D eigenvalue weighted by molar-refractivity contribution is 0.0990.